The van der Waals surface area contributed by atoms with Crippen LogP contribution in [0, 0.1) is 13.8 Å². The number of sulfonamides is 1. The van der Waals surface area contributed by atoms with Crippen LogP contribution in [0.1, 0.15) is 22.5 Å². The normalized spacial score (nSPS) is 11.9. The molecule has 3 rings (SSSR count). The molecule has 3 aromatic rings. The van der Waals surface area contributed by atoms with Crippen LogP contribution in [0.4, 0.5) is 0 Å². The van der Waals surface area contributed by atoms with Crippen LogP contribution < -0.4 is 4.72 Å². The Labute approximate surface area is 135 Å². The molecule has 0 fully saturated rings. The van der Waals surface area contributed by atoms with Crippen LogP contribution in [0.15, 0.2) is 42.5 Å². The zero-order valence-electron chi connectivity index (χ0n) is 13.1. The van der Waals surface area contributed by atoms with Gasteiger partial charge in [-0.15, -0.1) is 0 Å². The number of rotatable bonds is 5. The first-order valence-electron chi connectivity index (χ1n) is 7.39. The summed E-state index contributed by atoms with van der Waals surface area (Å²) in [7, 11) is -3.37. The maximum atomic E-state index is 12.2. The van der Waals surface area contributed by atoms with Gasteiger partial charge in [0.15, 0.2) is 0 Å². The SMILES string of the molecule is Cc1cccc(CS(=O)(=O)NCc2ccc3nc(C)[nH]c3c2)c1. The third-order valence-electron chi connectivity index (χ3n) is 3.60. The molecule has 2 N–H and O–H groups in total. The number of hydrogen-bond acceptors (Lipinski definition) is 3. The summed E-state index contributed by atoms with van der Waals surface area (Å²) >= 11 is 0. The third-order valence-corrected chi connectivity index (χ3v) is 4.90. The highest BCUT2D eigenvalue weighted by atomic mass is 32.2. The van der Waals surface area contributed by atoms with Crippen LogP contribution in [-0.2, 0) is 22.3 Å². The largest absolute Gasteiger partial charge is 0.342 e. The van der Waals surface area contributed by atoms with Crippen molar-refractivity contribution in [2.24, 2.45) is 0 Å². The number of aromatic amines is 1. The molecule has 0 amide bonds. The maximum Gasteiger partial charge on any atom is 0.216 e. The molecular weight excluding hydrogens is 310 g/mol. The second kappa shape index (κ2) is 6.14. The summed E-state index contributed by atoms with van der Waals surface area (Å²) in [6, 6.07) is 13.2. The number of nitrogens with zero attached hydrogens (tertiary/aromatic N) is 1. The zero-order chi connectivity index (χ0) is 16.4. The van der Waals surface area contributed by atoms with Crippen molar-refractivity contribution in [1.29, 1.82) is 0 Å². The zero-order valence-corrected chi connectivity index (χ0v) is 13.9. The Balaban J connectivity index is 1.70. The number of aromatic nitrogens is 2. The van der Waals surface area contributed by atoms with E-state index < -0.39 is 10.0 Å². The predicted molar refractivity (Wildman–Crippen MR) is 91.5 cm³/mol. The van der Waals surface area contributed by atoms with Crippen LogP contribution >= 0.6 is 0 Å². The van der Waals surface area contributed by atoms with E-state index in [1.165, 1.54) is 0 Å². The van der Waals surface area contributed by atoms with Gasteiger partial charge in [-0.1, -0.05) is 35.9 Å². The molecule has 0 unspecified atom stereocenters. The smallest absolute Gasteiger partial charge is 0.216 e. The van der Waals surface area contributed by atoms with E-state index in [-0.39, 0.29) is 12.3 Å². The van der Waals surface area contributed by atoms with E-state index >= 15 is 0 Å². The van der Waals surface area contributed by atoms with Crippen LogP contribution in [-0.4, -0.2) is 18.4 Å². The average molecular weight is 329 g/mol. The highest BCUT2D eigenvalue weighted by molar-refractivity contribution is 7.88. The summed E-state index contributed by atoms with van der Waals surface area (Å²) in [5, 5.41) is 0. The molecule has 5 nitrogen and oxygen atoms in total. The molecule has 0 saturated carbocycles. The quantitative estimate of drug-likeness (QED) is 0.756. The van der Waals surface area contributed by atoms with Gasteiger partial charge in [0.2, 0.25) is 10.0 Å². The monoisotopic (exact) mass is 329 g/mol. The number of imidazole rings is 1. The Morgan fingerprint density at radius 2 is 1.91 bits per heavy atom. The molecule has 1 heterocycles. The van der Waals surface area contributed by atoms with Crippen molar-refractivity contribution in [2.45, 2.75) is 26.1 Å². The average Bonchev–Trinajstić information content (AvgIpc) is 2.84. The number of H-pyrrole nitrogens is 1. The summed E-state index contributed by atoms with van der Waals surface area (Å²) in [5.41, 5.74) is 4.54. The Hall–Kier alpha value is -2.18. The summed E-state index contributed by atoms with van der Waals surface area (Å²) in [6.07, 6.45) is 0. The number of fused-ring (bicyclic) bond motifs is 1. The fraction of sp³-hybridized carbons (Fsp3) is 0.235. The maximum absolute atomic E-state index is 12.2. The summed E-state index contributed by atoms with van der Waals surface area (Å²) in [4.78, 5) is 7.49. The fourth-order valence-electron chi connectivity index (χ4n) is 2.56. The Morgan fingerprint density at radius 3 is 2.70 bits per heavy atom. The van der Waals surface area contributed by atoms with Crippen molar-refractivity contribution in [1.82, 2.24) is 14.7 Å². The van der Waals surface area contributed by atoms with Gasteiger partial charge < -0.3 is 4.98 Å². The van der Waals surface area contributed by atoms with Crippen LogP contribution in [0.3, 0.4) is 0 Å². The van der Waals surface area contributed by atoms with Gasteiger partial charge in [0.1, 0.15) is 5.82 Å². The number of benzene rings is 2. The lowest BCUT2D eigenvalue weighted by Gasteiger charge is -2.07. The van der Waals surface area contributed by atoms with E-state index in [0.717, 1.165) is 33.5 Å². The summed E-state index contributed by atoms with van der Waals surface area (Å²) in [5.74, 6) is 0.831. The first kappa shape index (κ1) is 15.7. The van der Waals surface area contributed by atoms with Gasteiger partial charge in [0, 0.05) is 6.54 Å². The van der Waals surface area contributed by atoms with Gasteiger partial charge in [0.05, 0.1) is 16.8 Å². The van der Waals surface area contributed by atoms with Gasteiger partial charge in [-0.3, -0.25) is 0 Å². The van der Waals surface area contributed by atoms with Gasteiger partial charge in [-0.25, -0.2) is 18.1 Å². The second-order valence-electron chi connectivity index (χ2n) is 5.74. The lowest BCUT2D eigenvalue weighted by Crippen LogP contribution is -2.24. The van der Waals surface area contributed by atoms with Crippen molar-refractivity contribution in [3.63, 3.8) is 0 Å². The van der Waals surface area contributed by atoms with Crippen molar-refractivity contribution < 1.29 is 8.42 Å². The van der Waals surface area contributed by atoms with E-state index in [1.807, 2.05) is 56.3 Å². The van der Waals surface area contributed by atoms with E-state index in [2.05, 4.69) is 14.7 Å². The van der Waals surface area contributed by atoms with Crippen LogP contribution in [0.25, 0.3) is 11.0 Å². The highest BCUT2D eigenvalue weighted by Crippen LogP contribution is 2.14. The van der Waals surface area contributed by atoms with Gasteiger partial charge in [-0.05, 0) is 37.1 Å². The second-order valence-corrected chi connectivity index (χ2v) is 7.55. The highest BCUT2D eigenvalue weighted by Gasteiger charge is 2.12. The molecule has 0 bridgehead atoms. The Bertz CT molecular complexity index is 945. The topological polar surface area (TPSA) is 74.8 Å². The summed E-state index contributed by atoms with van der Waals surface area (Å²) in [6.45, 7) is 4.11. The van der Waals surface area contributed by atoms with Gasteiger partial charge in [-0.2, -0.15) is 0 Å². The fourth-order valence-corrected chi connectivity index (χ4v) is 3.67. The molecule has 2 aromatic carbocycles. The van der Waals surface area contributed by atoms with Gasteiger partial charge >= 0.3 is 0 Å². The molecule has 0 aliphatic heterocycles. The molecule has 0 radical (unpaired) electrons. The lowest BCUT2D eigenvalue weighted by atomic mass is 10.2. The minimum Gasteiger partial charge on any atom is -0.342 e. The molecule has 0 atom stereocenters. The van der Waals surface area contributed by atoms with E-state index in [4.69, 9.17) is 0 Å². The number of hydrogen-bond donors (Lipinski definition) is 2. The van der Waals surface area contributed by atoms with Crippen molar-refractivity contribution >= 4 is 21.1 Å². The van der Waals surface area contributed by atoms with Crippen LogP contribution in [0.2, 0.25) is 0 Å². The molecule has 0 aliphatic rings. The van der Waals surface area contributed by atoms with Crippen molar-refractivity contribution in [3.8, 4) is 0 Å². The van der Waals surface area contributed by atoms with Crippen molar-refractivity contribution in [3.05, 3.63) is 65.0 Å². The number of nitrogens with one attached hydrogen (secondary N) is 2. The van der Waals surface area contributed by atoms with Gasteiger partial charge in [0.25, 0.3) is 0 Å². The first-order valence-corrected chi connectivity index (χ1v) is 9.05. The molecule has 120 valence electrons. The molecule has 0 aliphatic carbocycles. The van der Waals surface area contributed by atoms with E-state index in [0.29, 0.717) is 0 Å². The lowest BCUT2D eigenvalue weighted by molar-refractivity contribution is 0.580. The van der Waals surface area contributed by atoms with Crippen LogP contribution in [0.5, 0.6) is 0 Å². The van der Waals surface area contributed by atoms with Crippen molar-refractivity contribution in [2.75, 3.05) is 0 Å². The van der Waals surface area contributed by atoms with E-state index in [9.17, 15) is 8.42 Å². The first-order chi connectivity index (χ1) is 10.9. The molecule has 23 heavy (non-hydrogen) atoms. The molecule has 6 heteroatoms. The minimum atomic E-state index is -3.37. The Morgan fingerprint density at radius 1 is 1.09 bits per heavy atom. The van der Waals surface area contributed by atoms with E-state index in [1.54, 1.807) is 0 Å². The molecule has 1 aromatic heterocycles. The molecule has 0 saturated heterocycles. The molecular formula is C17H19N3O2S. The molecule has 0 spiro atoms. The number of aryl methyl sites for hydroxylation is 2. The standard InChI is InChI=1S/C17H19N3O2S/c1-12-4-3-5-15(8-12)11-23(21,22)18-10-14-6-7-16-17(9-14)20-13(2)19-16/h3-9,18H,10-11H2,1-2H3,(H,19,20). The summed E-state index contributed by atoms with van der Waals surface area (Å²) < 4.78 is 27.1. The Kier molecular flexibility index (Phi) is 4.19. The minimum absolute atomic E-state index is 0.0138. The third kappa shape index (κ3) is 3.97. The predicted octanol–water partition coefficient (Wildman–Crippen LogP) is 2.80.